The fourth-order valence-electron chi connectivity index (χ4n) is 3.98. The molecular weight excluding hydrogens is 438 g/mol. The van der Waals surface area contributed by atoms with Crippen LogP contribution in [0.15, 0.2) is 60.7 Å². The van der Waals surface area contributed by atoms with Gasteiger partial charge in [0.1, 0.15) is 12.4 Å². The van der Waals surface area contributed by atoms with Crippen molar-refractivity contribution < 1.29 is 4.74 Å². The van der Waals surface area contributed by atoms with Crippen LogP contribution in [-0.2, 0) is 23.6 Å². The van der Waals surface area contributed by atoms with Gasteiger partial charge >= 0.3 is 0 Å². The highest BCUT2D eigenvalue weighted by Gasteiger charge is 2.27. The Kier molecular flexibility index (Phi) is 8.42. The fourth-order valence-corrected chi connectivity index (χ4v) is 6.26. The molecule has 0 N–H and O–H groups in total. The van der Waals surface area contributed by atoms with E-state index in [2.05, 4.69) is 116 Å². The highest BCUT2D eigenvalue weighted by molar-refractivity contribution is 7.56. The third kappa shape index (κ3) is 6.68. The summed E-state index contributed by atoms with van der Waals surface area (Å²) in [5.74, 6) is 1.07. The summed E-state index contributed by atoms with van der Waals surface area (Å²) in [6, 6.07) is 22.1. The highest BCUT2D eigenvalue weighted by atomic mass is 31.1. The summed E-state index contributed by atoms with van der Waals surface area (Å²) in [5, 5.41) is 2.82. The molecule has 1 nitrogen and oxygen atoms in total. The Balaban J connectivity index is 2.17. The number of ether oxygens (including phenoxy) is 1. The lowest BCUT2D eigenvalue weighted by Gasteiger charge is -2.30. The molecule has 2 atom stereocenters. The highest BCUT2D eigenvalue weighted by Crippen LogP contribution is 2.38. The largest absolute Gasteiger partial charge is 0.488 e. The Morgan fingerprint density at radius 1 is 0.818 bits per heavy atom. The molecule has 0 aromatic heterocycles. The minimum atomic E-state index is -0.00806. The van der Waals surface area contributed by atoms with Crippen molar-refractivity contribution in [2.75, 3.05) is 6.66 Å². The lowest BCUT2D eigenvalue weighted by molar-refractivity contribution is 0.300. The van der Waals surface area contributed by atoms with E-state index in [1.165, 1.54) is 38.4 Å². The van der Waals surface area contributed by atoms with Crippen molar-refractivity contribution in [2.45, 2.75) is 72.1 Å². The molecule has 0 saturated carbocycles. The average Bonchev–Trinajstić information content (AvgIpc) is 2.74. The summed E-state index contributed by atoms with van der Waals surface area (Å²) < 4.78 is 6.67. The monoisotopic (exact) mass is 478 g/mol. The van der Waals surface area contributed by atoms with E-state index in [-0.39, 0.29) is 10.8 Å². The van der Waals surface area contributed by atoms with Gasteiger partial charge in [0.25, 0.3) is 0 Å². The first-order valence-corrected chi connectivity index (χ1v) is 14.6. The number of rotatable bonds is 7. The van der Waals surface area contributed by atoms with Gasteiger partial charge in [-0.25, -0.2) is 0 Å². The maximum Gasteiger partial charge on any atom is 0.131 e. The van der Waals surface area contributed by atoms with Gasteiger partial charge < -0.3 is 4.74 Å². The van der Waals surface area contributed by atoms with E-state index < -0.39 is 0 Å². The quantitative estimate of drug-likeness (QED) is 0.318. The maximum atomic E-state index is 6.67. The number of hydrogen-bond acceptors (Lipinski definition) is 1. The van der Waals surface area contributed by atoms with Crippen molar-refractivity contribution in [1.82, 2.24) is 0 Å². The van der Waals surface area contributed by atoms with Crippen molar-refractivity contribution in [3.63, 3.8) is 0 Å². The van der Waals surface area contributed by atoms with Gasteiger partial charge in [-0.05, 0) is 64.2 Å². The molecule has 0 amide bonds. The van der Waals surface area contributed by atoms with Gasteiger partial charge in [-0.2, -0.15) is 0 Å². The summed E-state index contributed by atoms with van der Waals surface area (Å²) in [7, 11) is 1.50. The molecule has 0 aliphatic rings. The minimum absolute atomic E-state index is 0.00806. The van der Waals surface area contributed by atoms with Gasteiger partial charge in [-0.3, -0.25) is 0 Å². The molecule has 0 radical (unpaired) electrons. The molecule has 0 spiro atoms. The average molecular weight is 479 g/mol. The zero-order chi connectivity index (χ0) is 24.2. The topological polar surface area (TPSA) is 9.23 Å². The Morgan fingerprint density at radius 3 is 2.12 bits per heavy atom. The van der Waals surface area contributed by atoms with Gasteiger partial charge in [0.2, 0.25) is 0 Å². The normalized spacial score (nSPS) is 12.8. The summed E-state index contributed by atoms with van der Waals surface area (Å²) in [6.07, 6.45) is 1.15. The van der Waals surface area contributed by atoms with Crippen molar-refractivity contribution >= 4 is 27.8 Å². The molecule has 0 bridgehead atoms. The third-order valence-electron chi connectivity index (χ3n) is 5.97. The molecule has 0 aliphatic heterocycles. The minimum Gasteiger partial charge on any atom is -0.488 e. The van der Waals surface area contributed by atoms with Gasteiger partial charge in [-0.15, -0.1) is 8.58 Å². The SMILES string of the molecule is CPCc1cccc(C)c1Pc1cc(C(C)(C)C)cc(C(C)(C)C)c1OCc1ccccc1. The molecular formula is C30H40OP2. The predicted octanol–water partition coefficient (Wildman–Crippen LogP) is 7.61. The predicted molar refractivity (Wildman–Crippen MR) is 151 cm³/mol. The number of aryl methyl sites for hydroxylation is 1. The van der Waals surface area contributed by atoms with Crippen LogP contribution >= 0.6 is 17.2 Å². The van der Waals surface area contributed by atoms with Crippen LogP contribution < -0.4 is 15.3 Å². The lowest BCUT2D eigenvalue weighted by Crippen LogP contribution is -2.23. The third-order valence-corrected chi connectivity index (χ3v) is 8.32. The molecule has 0 saturated heterocycles. The smallest absolute Gasteiger partial charge is 0.131 e. The van der Waals surface area contributed by atoms with E-state index in [1.807, 2.05) is 0 Å². The van der Waals surface area contributed by atoms with Crippen LogP contribution in [0.3, 0.4) is 0 Å². The summed E-state index contributed by atoms with van der Waals surface area (Å²) in [6.45, 7) is 19.0. The molecule has 176 valence electrons. The second-order valence-electron chi connectivity index (χ2n) is 10.9. The van der Waals surface area contributed by atoms with Crippen LogP contribution in [0.25, 0.3) is 0 Å². The molecule has 0 fully saturated rings. The van der Waals surface area contributed by atoms with Crippen molar-refractivity contribution in [3.05, 3.63) is 88.5 Å². The fraction of sp³-hybridized carbons (Fsp3) is 0.400. The van der Waals surface area contributed by atoms with E-state index in [0.29, 0.717) is 15.2 Å². The maximum absolute atomic E-state index is 6.67. The Labute approximate surface area is 205 Å². The van der Waals surface area contributed by atoms with Gasteiger partial charge in [0.15, 0.2) is 0 Å². The molecule has 3 heteroatoms. The Hall–Kier alpha value is -1.68. The first-order valence-electron chi connectivity index (χ1n) is 11.9. The molecule has 3 aromatic carbocycles. The van der Waals surface area contributed by atoms with Gasteiger partial charge in [0.05, 0.1) is 0 Å². The first-order chi connectivity index (χ1) is 15.5. The van der Waals surface area contributed by atoms with Crippen molar-refractivity contribution in [3.8, 4) is 5.75 Å². The second kappa shape index (κ2) is 10.7. The van der Waals surface area contributed by atoms with Crippen molar-refractivity contribution in [1.29, 1.82) is 0 Å². The van der Waals surface area contributed by atoms with E-state index in [9.17, 15) is 0 Å². The molecule has 33 heavy (non-hydrogen) atoms. The van der Waals surface area contributed by atoms with E-state index in [0.717, 1.165) is 20.5 Å². The number of benzene rings is 3. The molecule has 0 aliphatic carbocycles. The molecule has 0 heterocycles. The zero-order valence-electron chi connectivity index (χ0n) is 21.6. The first kappa shape index (κ1) is 25.9. The van der Waals surface area contributed by atoms with Gasteiger partial charge in [0, 0.05) is 10.9 Å². The molecule has 3 rings (SSSR count). The van der Waals surface area contributed by atoms with Crippen LogP contribution in [0.5, 0.6) is 5.75 Å². The van der Waals surface area contributed by atoms with Crippen LogP contribution in [0.4, 0.5) is 0 Å². The standard InChI is InChI=1S/C30H40OP2/c1-21-13-12-16-23(20-32-8)28(21)33-26-18-24(29(2,3)4)17-25(30(5,6)7)27(26)31-19-22-14-10-9-11-15-22/h9-18,32-33H,19-20H2,1-8H3. The van der Waals surface area contributed by atoms with E-state index in [4.69, 9.17) is 4.74 Å². The van der Waals surface area contributed by atoms with Crippen LogP contribution in [0.2, 0.25) is 0 Å². The number of hydrogen-bond donors (Lipinski definition) is 0. The molecule has 3 aromatic rings. The Morgan fingerprint density at radius 2 is 1.52 bits per heavy atom. The molecule has 2 unspecified atom stereocenters. The van der Waals surface area contributed by atoms with Crippen LogP contribution in [0.1, 0.15) is 69.4 Å². The van der Waals surface area contributed by atoms with E-state index >= 15 is 0 Å². The van der Waals surface area contributed by atoms with Gasteiger partial charge in [-0.1, -0.05) is 105 Å². The lowest BCUT2D eigenvalue weighted by atomic mass is 9.80. The Bertz CT molecular complexity index is 1070. The summed E-state index contributed by atoms with van der Waals surface area (Å²) in [5.41, 5.74) is 6.84. The summed E-state index contributed by atoms with van der Waals surface area (Å²) >= 11 is 0. The zero-order valence-corrected chi connectivity index (χ0v) is 23.6. The van der Waals surface area contributed by atoms with Crippen molar-refractivity contribution in [2.24, 2.45) is 0 Å². The summed E-state index contributed by atoms with van der Waals surface area (Å²) in [4.78, 5) is 0. The second-order valence-corrected chi connectivity index (χ2v) is 13.3. The van der Waals surface area contributed by atoms with E-state index in [1.54, 1.807) is 0 Å². The van der Waals surface area contributed by atoms with Crippen LogP contribution in [-0.4, -0.2) is 6.66 Å². The van der Waals surface area contributed by atoms with Crippen LogP contribution in [0, 0.1) is 6.92 Å².